The van der Waals surface area contributed by atoms with E-state index >= 15 is 0 Å². The predicted octanol–water partition coefficient (Wildman–Crippen LogP) is 5.82. The Morgan fingerprint density at radius 3 is 2.38 bits per heavy atom. The van der Waals surface area contributed by atoms with Crippen molar-refractivity contribution < 1.29 is 14.0 Å². The SMILES string of the molecule is O=C(CCc1ncc(-c2ccccc2)o1)Nc1ccccc1C(=O)Nc1ccc(Cl)cc1. The molecular formula is C25H20ClN3O3. The van der Waals surface area contributed by atoms with Crippen LogP contribution >= 0.6 is 11.6 Å². The van der Waals surface area contributed by atoms with Crippen molar-refractivity contribution in [1.82, 2.24) is 4.98 Å². The van der Waals surface area contributed by atoms with Crippen LogP contribution in [0.1, 0.15) is 22.7 Å². The molecule has 2 amide bonds. The molecule has 0 bridgehead atoms. The highest BCUT2D eigenvalue weighted by atomic mass is 35.5. The Morgan fingerprint density at radius 2 is 1.59 bits per heavy atom. The highest BCUT2D eigenvalue weighted by Gasteiger charge is 2.14. The van der Waals surface area contributed by atoms with E-state index in [9.17, 15) is 9.59 Å². The van der Waals surface area contributed by atoms with Gasteiger partial charge in [-0.25, -0.2) is 4.98 Å². The summed E-state index contributed by atoms with van der Waals surface area (Å²) in [6.07, 6.45) is 2.17. The molecule has 4 aromatic rings. The summed E-state index contributed by atoms with van der Waals surface area (Å²) in [5.74, 6) is 0.567. The van der Waals surface area contributed by atoms with Gasteiger partial charge in [-0.05, 0) is 36.4 Å². The quantitative estimate of drug-likeness (QED) is 0.375. The van der Waals surface area contributed by atoms with Crippen LogP contribution in [0.5, 0.6) is 0 Å². The molecule has 4 rings (SSSR count). The van der Waals surface area contributed by atoms with Gasteiger partial charge in [-0.15, -0.1) is 0 Å². The second-order valence-corrected chi connectivity index (χ2v) is 7.48. The molecule has 1 heterocycles. The molecule has 0 spiro atoms. The fourth-order valence-corrected chi connectivity index (χ4v) is 3.24. The fraction of sp³-hybridized carbons (Fsp3) is 0.0800. The monoisotopic (exact) mass is 445 g/mol. The van der Waals surface area contributed by atoms with Crippen LogP contribution in [0.3, 0.4) is 0 Å². The third kappa shape index (κ3) is 5.42. The molecule has 0 aliphatic heterocycles. The fourth-order valence-electron chi connectivity index (χ4n) is 3.12. The molecule has 1 aromatic heterocycles. The number of rotatable bonds is 7. The zero-order valence-corrected chi connectivity index (χ0v) is 17.8. The van der Waals surface area contributed by atoms with Crippen molar-refractivity contribution in [1.29, 1.82) is 0 Å². The first-order valence-electron chi connectivity index (χ1n) is 10.0. The minimum Gasteiger partial charge on any atom is -0.441 e. The van der Waals surface area contributed by atoms with Crippen LogP contribution in [-0.2, 0) is 11.2 Å². The van der Waals surface area contributed by atoms with Gasteiger partial charge < -0.3 is 15.1 Å². The molecule has 0 atom stereocenters. The smallest absolute Gasteiger partial charge is 0.257 e. The summed E-state index contributed by atoms with van der Waals surface area (Å²) >= 11 is 5.88. The topological polar surface area (TPSA) is 84.2 Å². The third-order valence-corrected chi connectivity index (χ3v) is 4.98. The highest BCUT2D eigenvalue weighted by molar-refractivity contribution is 6.30. The van der Waals surface area contributed by atoms with Gasteiger partial charge in [-0.3, -0.25) is 9.59 Å². The number of anilines is 2. The molecule has 160 valence electrons. The van der Waals surface area contributed by atoms with Gasteiger partial charge in [0.15, 0.2) is 11.7 Å². The minimum atomic E-state index is -0.330. The van der Waals surface area contributed by atoms with Gasteiger partial charge in [-0.2, -0.15) is 0 Å². The standard InChI is InChI=1S/C25H20ClN3O3/c26-18-10-12-19(13-11-18)28-25(31)20-8-4-5-9-21(20)29-23(30)14-15-24-27-16-22(32-24)17-6-2-1-3-7-17/h1-13,16H,14-15H2,(H,28,31)(H,29,30). The van der Waals surface area contributed by atoms with Crippen LogP contribution in [0.25, 0.3) is 11.3 Å². The second-order valence-electron chi connectivity index (χ2n) is 7.04. The van der Waals surface area contributed by atoms with E-state index in [0.29, 0.717) is 40.0 Å². The number of nitrogens with one attached hydrogen (secondary N) is 2. The molecule has 7 heteroatoms. The molecule has 0 aliphatic rings. The summed E-state index contributed by atoms with van der Waals surface area (Å²) < 4.78 is 5.74. The lowest BCUT2D eigenvalue weighted by Crippen LogP contribution is -2.18. The van der Waals surface area contributed by atoms with Crippen molar-refractivity contribution in [2.75, 3.05) is 10.6 Å². The van der Waals surface area contributed by atoms with E-state index in [1.54, 1.807) is 54.7 Å². The first-order valence-corrected chi connectivity index (χ1v) is 10.4. The minimum absolute atomic E-state index is 0.169. The van der Waals surface area contributed by atoms with Gasteiger partial charge in [-0.1, -0.05) is 54.1 Å². The Kier molecular flexibility index (Phi) is 6.63. The molecule has 0 saturated carbocycles. The molecule has 6 nitrogen and oxygen atoms in total. The Labute approximate surface area is 190 Å². The zero-order valence-electron chi connectivity index (χ0n) is 17.0. The van der Waals surface area contributed by atoms with E-state index in [1.165, 1.54) is 0 Å². The molecule has 0 radical (unpaired) electrons. The van der Waals surface area contributed by atoms with Crippen molar-refractivity contribution in [3.63, 3.8) is 0 Å². The van der Waals surface area contributed by atoms with Crippen molar-refractivity contribution in [2.45, 2.75) is 12.8 Å². The van der Waals surface area contributed by atoms with Crippen LogP contribution < -0.4 is 10.6 Å². The number of halogens is 1. The van der Waals surface area contributed by atoms with Crippen molar-refractivity contribution in [3.05, 3.63) is 102 Å². The summed E-state index contributed by atoms with van der Waals surface area (Å²) in [7, 11) is 0. The molecule has 32 heavy (non-hydrogen) atoms. The summed E-state index contributed by atoms with van der Waals surface area (Å²) in [6.45, 7) is 0. The van der Waals surface area contributed by atoms with Crippen LogP contribution in [0.2, 0.25) is 5.02 Å². The number of hydrogen-bond donors (Lipinski definition) is 2. The van der Waals surface area contributed by atoms with Crippen LogP contribution in [0, 0.1) is 0 Å². The number of oxazole rings is 1. The van der Waals surface area contributed by atoms with Crippen molar-refractivity contribution >= 4 is 34.8 Å². The van der Waals surface area contributed by atoms with Crippen LogP contribution in [-0.4, -0.2) is 16.8 Å². The van der Waals surface area contributed by atoms with Crippen molar-refractivity contribution in [2.24, 2.45) is 0 Å². The van der Waals surface area contributed by atoms with E-state index in [2.05, 4.69) is 15.6 Å². The number of para-hydroxylation sites is 1. The first kappa shape index (κ1) is 21.3. The summed E-state index contributed by atoms with van der Waals surface area (Å²) in [5.41, 5.74) is 2.33. The molecule has 0 saturated heterocycles. The summed E-state index contributed by atoms with van der Waals surface area (Å²) in [4.78, 5) is 29.5. The average Bonchev–Trinajstić information content (AvgIpc) is 3.29. The number of amides is 2. The maximum absolute atomic E-state index is 12.7. The van der Waals surface area contributed by atoms with Gasteiger partial charge in [0.2, 0.25) is 5.91 Å². The number of aromatic nitrogens is 1. The van der Waals surface area contributed by atoms with Crippen molar-refractivity contribution in [3.8, 4) is 11.3 Å². The third-order valence-electron chi connectivity index (χ3n) is 4.73. The van der Waals surface area contributed by atoms with E-state index in [1.807, 2.05) is 30.3 Å². The molecule has 3 aromatic carbocycles. The Morgan fingerprint density at radius 1 is 0.875 bits per heavy atom. The lowest BCUT2D eigenvalue weighted by atomic mass is 10.1. The average molecular weight is 446 g/mol. The number of aryl methyl sites for hydroxylation is 1. The normalized spacial score (nSPS) is 10.5. The van der Waals surface area contributed by atoms with Gasteiger partial charge in [0.05, 0.1) is 17.4 Å². The van der Waals surface area contributed by atoms with E-state index in [4.69, 9.17) is 16.0 Å². The zero-order chi connectivity index (χ0) is 22.3. The molecule has 0 fully saturated rings. The number of benzene rings is 3. The number of carbonyl (C=O) groups excluding carboxylic acids is 2. The first-order chi connectivity index (χ1) is 15.6. The maximum atomic E-state index is 12.7. The van der Waals surface area contributed by atoms with Gasteiger partial charge in [0.1, 0.15) is 0 Å². The summed E-state index contributed by atoms with van der Waals surface area (Å²) in [6, 6.07) is 23.3. The molecular weight excluding hydrogens is 426 g/mol. The number of hydrogen-bond acceptors (Lipinski definition) is 4. The Hall–Kier alpha value is -3.90. The van der Waals surface area contributed by atoms with E-state index in [0.717, 1.165) is 5.56 Å². The Balaban J connectivity index is 1.37. The highest BCUT2D eigenvalue weighted by Crippen LogP contribution is 2.21. The van der Waals surface area contributed by atoms with E-state index in [-0.39, 0.29) is 18.2 Å². The lowest BCUT2D eigenvalue weighted by Gasteiger charge is -2.11. The molecule has 2 N–H and O–H groups in total. The Bertz CT molecular complexity index is 1220. The van der Waals surface area contributed by atoms with Gasteiger partial charge in [0, 0.05) is 29.1 Å². The predicted molar refractivity (Wildman–Crippen MR) is 125 cm³/mol. The van der Waals surface area contributed by atoms with Crippen LogP contribution in [0.4, 0.5) is 11.4 Å². The van der Waals surface area contributed by atoms with E-state index < -0.39 is 0 Å². The number of nitrogens with zero attached hydrogens (tertiary/aromatic N) is 1. The van der Waals surface area contributed by atoms with Gasteiger partial charge >= 0.3 is 0 Å². The molecule has 0 aliphatic carbocycles. The molecule has 0 unspecified atom stereocenters. The number of carbonyl (C=O) groups is 2. The second kappa shape index (κ2) is 9.94. The van der Waals surface area contributed by atoms with Crippen LogP contribution in [0.15, 0.2) is 89.5 Å². The summed E-state index contributed by atoms with van der Waals surface area (Å²) in [5, 5.41) is 6.19. The lowest BCUT2D eigenvalue weighted by molar-refractivity contribution is -0.116. The van der Waals surface area contributed by atoms with Gasteiger partial charge in [0.25, 0.3) is 5.91 Å². The largest absolute Gasteiger partial charge is 0.441 e. The maximum Gasteiger partial charge on any atom is 0.257 e.